The number of halogens is 1. The average molecular weight is 486 g/mol. The molecule has 0 saturated carbocycles. The molecule has 3 N–H and O–H groups in total. The molecule has 0 radical (unpaired) electrons. The van der Waals surface area contributed by atoms with Crippen LogP contribution in [0.2, 0.25) is 0 Å². The van der Waals surface area contributed by atoms with E-state index in [4.69, 9.17) is 15.2 Å². The van der Waals surface area contributed by atoms with Gasteiger partial charge in [0.1, 0.15) is 0 Å². The first-order valence-electron chi connectivity index (χ1n) is 9.67. The molecule has 31 heavy (non-hydrogen) atoms. The summed E-state index contributed by atoms with van der Waals surface area (Å²) in [5, 5.41) is 7.12. The second kappa shape index (κ2) is 10.1. The predicted molar refractivity (Wildman–Crippen MR) is 125 cm³/mol. The molecule has 162 valence electrons. The van der Waals surface area contributed by atoms with Gasteiger partial charge in [-0.15, -0.1) is 0 Å². The summed E-state index contributed by atoms with van der Waals surface area (Å²) in [6.07, 6.45) is 3.37. The van der Waals surface area contributed by atoms with Gasteiger partial charge in [-0.25, -0.2) is 9.66 Å². The largest absolute Gasteiger partial charge is 0.490 e. The minimum atomic E-state index is -0.269. The van der Waals surface area contributed by atoms with Crippen LogP contribution in [0.1, 0.15) is 23.7 Å². The Hall–Kier alpha value is -3.33. The van der Waals surface area contributed by atoms with Crippen molar-refractivity contribution >= 4 is 39.7 Å². The summed E-state index contributed by atoms with van der Waals surface area (Å²) >= 11 is 3.50. The third-order valence-electron chi connectivity index (χ3n) is 4.18. The summed E-state index contributed by atoms with van der Waals surface area (Å²) in [5.41, 5.74) is 9.18. The number of anilines is 2. The molecule has 0 unspecified atom stereocenters. The summed E-state index contributed by atoms with van der Waals surface area (Å²) in [5.74, 6) is 0.972. The van der Waals surface area contributed by atoms with E-state index in [1.165, 1.54) is 4.68 Å². The van der Waals surface area contributed by atoms with Crippen molar-refractivity contribution in [3.8, 4) is 11.5 Å². The topological polar surface area (TPSA) is 104 Å². The Morgan fingerprint density at radius 1 is 1.26 bits per heavy atom. The monoisotopic (exact) mass is 485 g/mol. The van der Waals surface area contributed by atoms with E-state index in [9.17, 15) is 4.79 Å². The van der Waals surface area contributed by atoms with Gasteiger partial charge >= 0.3 is 0 Å². The van der Waals surface area contributed by atoms with Gasteiger partial charge in [-0.3, -0.25) is 4.79 Å². The number of benzene rings is 2. The molecule has 3 rings (SSSR count). The van der Waals surface area contributed by atoms with E-state index >= 15 is 0 Å². The molecular weight excluding hydrogens is 462 g/mol. The van der Waals surface area contributed by atoms with Crippen LogP contribution in [0.25, 0.3) is 0 Å². The predicted octanol–water partition coefficient (Wildman–Crippen LogP) is 4.14. The molecule has 1 aromatic heterocycles. The zero-order chi connectivity index (χ0) is 22.4. The number of rotatable bonds is 8. The van der Waals surface area contributed by atoms with E-state index in [1.807, 2.05) is 51.1 Å². The lowest BCUT2D eigenvalue weighted by Gasteiger charge is -2.14. The zero-order valence-electron chi connectivity index (χ0n) is 17.6. The Labute approximate surface area is 189 Å². The lowest BCUT2D eigenvalue weighted by Crippen LogP contribution is -2.20. The molecule has 8 nitrogen and oxygen atoms in total. The standard InChI is InChI=1S/C22H24BrN5O3/c1-4-30-19-10-16(11-25-28-12-15(3)26-22(28)24)9-18(23)21(19)31-13-20(29)27-17-7-5-14(2)6-8-17/h5-12H,4,13H2,1-3H3,(H2,24,26)(H,27,29). The van der Waals surface area contributed by atoms with Crippen molar-refractivity contribution in [1.29, 1.82) is 0 Å². The third kappa shape index (κ3) is 6.08. The highest BCUT2D eigenvalue weighted by Gasteiger charge is 2.14. The molecule has 0 aliphatic rings. The molecule has 0 spiro atoms. The van der Waals surface area contributed by atoms with Gasteiger partial charge in [0.2, 0.25) is 5.95 Å². The van der Waals surface area contributed by atoms with Crippen LogP contribution in [-0.4, -0.2) is 35.0 Å². The number of aromatic nitrogens is 2. The summed E-state index contributed by atoms with van der Waals surface area (Å²) in [7, 11) is 0. The SMILES string of the molecule is CCOc1cc(C=Nn2cc(C)nc2N)cc(Br)c1OCC(=O)Nc1ccc(C)cc1. The molecule has 3 aromatic rings. The number of ether oxygens (including phenoxy) is 2. The number of aryl methyl sites for hydroxylation is 2. The van der Waals surface area contributed by atoms with Gasteiger partial charge in [-0.2, -0.15) is 5.10 Å². The Morgan fingerprint density at radius 3 is 2.65 bits per heavy atom. The summed E-state index contributed by atoms with van der Waals surface area (Å²) in [4.78, 5) is 16.4. The van der Waals surface area contributed by atoms with E-state index in [-0.39, 0.29) is 12.5 Å². The Morgan fingerprint density at radius 2 is 2.00 bits per heavy atom. The normalized spacial score (nSPS) is 11.0. The first kappa shape index (κ1) is 22.4. The van der Waals surface area contributed by atoms with E-state index in [2.05, 4.69) is 31.3 Å². The lowest BCUT2D eigenvalue weighted by molar-refractivity contribution is -0.118. The Bertz CT molecular complexity index is 1090. The highest BCUT2D eigenvalue weighted by atomic mass is 79.9. The van der Waals surface area contributed by atoms with Crippen LogP contribution in [0, 0.1) is 13.8 Å². The molecule has 0 fully saturated rings. The minimum Gasteiger partial charge on any atom is -0.490 e. The maximum absolute atomic E-state index is 12.3. The molecule has 0 aliphatic heterocycles. The van der Waals surface area contributed by atoms with Crippen LogP contribution in [-0.2, 0) is 4.79 Å². The van der Waals surface area contributed by atoms with Gasteiger partial charge in [0.05, 0.1) is 29.2 Å². The molecule has 0 bridgehead atoms. The fraction of sp³-hybridized carbons (Fsp3) is 0.227. The average Bonchev–Trinajstić information content (AvgIpc) is 3.04. The molecule has 0 saturated heterocycles. The maximum Gasteiger partial charge on any atom is 0.262 e. The second-order valence-corrected chi connectivity index (χ2v) is 7.65. The molecule has 1 amide bonds. The Kier molecular flexibility index (Phi) is 7.30. The van der Waals surface area contributed by atoms with Gasteiger partial charge in [-0.1, -0.05) is 17.7 Å². The highest BCUT2D eigenvalue weighted by Crippen LogP contribution is 2.36. The number of hydrogen-bond acceptors (Lipinski definition) is 6. The van der Waals surface area contributed by atoms with Crippen molar-refractivity contribution in [2.75, 3.05) is 24.3 Å². The van der Waals surface area contributed by atoms with Crippen LogP contribution >= 0.6 is 15.9 Å². The lowest BCUT2D eigenvalue weighted by atomic mass is 10.2. The van der Waals surface area contributed by atoms with Gasteiger partial charge in [0, 0.05) is 5.69 Å². The van der Waals surface area contributed by atoms with Crippen LogP contribution in [0.15, 0.2) is 52.2 Å². The van der Waals surface area contributed by atoms with Gasteiger partial charge in [0.15, 0.2) is 18.1 Å². The third-order valence-corrected chi connectivity index (χ3v) is 4.77. The van der Waals surface area contributed by atoms with Crippen molar-refractivity contribution in [3.05, 3.63) is 63.9 Å². The van der Waals surface area contributed by atoms with Gasteiger partial charge in [0.25, 0.3) is 5.91 Å². The van der Waals surface area contributed by atoms with E-state index in [1.54, 1.807) is 18.5 Å². The van der Waals surface area contributed by atoms with Crippen LogP contribution in [0.4, 0.5) is 11.6 Å². The van der Waals surface area contributed by atoms with Gasteiger partial charge < -0.3 is 20.5 Å². The molecular formula is C22H24BrN5O3. The van der Waals surface area contributed by atoms with Crippen molar-refractivity contribution in [2.24, 2.45) is 5.10 Å². The van der Waals surface area contributed by atoms with E-state index < -0.39 is 0 Å². The molecule has 1 heterocycles. The van der Waals surface area contributed by atoms with Crippen molar-refractivity contribution in [1.82, 2.24) is 9.66 Å². The second-order valence-electron chi connectivity index (χ2n) is 6.80. The fourth-order valence-electron chi connectivity index (χ4n) is 2.76. The number of carbonyl (C=O) groups excluding carboxylic acids is 1. The number of nitrogens with zero attached hydrogens (tertiary/aromatic N) is 3. The number of nitrogen functional groups attached to an aromatic ring is 1. The van der Waals surface area contributed by atoms with Crippen LogP contribution in [0.3, 0.4) is 0 Å². The van der Waals surface area contributed by atoms with Crippen molar-refractivity contribution in [2.45, 2.75) is 20.8 Å². The first-order valence-corrected chi connectivity index (χ1v) is 10.5. The smallest absolute Gasteiger partial charge is 0.262 e. The van der Waals surface area contributed by atoms with E-state index in [0.29, 0.717) is 34.2 Å². The van der Waals surface area contributed by atoms with E-state index in [0.717, 1.165) is 16.8 Å². The number of carbonyl (C=O) groups is 1. The number of nitrogens with one attached hydrogen (secondary N) is 1. The fourth-order valence-corrected chi connectivity index (χ4v) is 3.34. The number of amides is 1. The quantitative estimate of drug-likeness (QED) is 0.466. The van der Waals surface area contributed by atoms with Gasteiger partial charge in [-0.05, 0) is 66.5 Å². The van der Waals surface area contributed by atoms with Crippen molar-refractivity contribution in [3.63, 3.8) is 0 Å². The molecule has 0 atom stereocenters. The minimum absolute atomic E-state index is 0.162. The zero-order valence-corrected chi connectivity index (χ0v) is 19.1. The summed E-state index contributed by atoms with van der Waals surface area (Å²) in [6.45, 7) is 5.98. The van der Waals surface area contributed by atoms with Crippen LogP contribution in [0.5, 0.6) is 11.5 Å². The molecule has 2 aromatic carbocycles. The highest BCUT2D eigenvalue weighted by molar-refractivity contribution is 9.10. The number of nitrogens with two attached hydrogens (primary N) is 1. The maximum atomic E-state index is 12.3. The van der Waals surface area contributed by atoms with Crippen molar-refractivity contribution < 1.29 is 14.3 Å². The Balaban J connectivity index is 1.73. The molecule has 9 heteroatoms. The number of hydrogen-bond donors (Lipinski definition) is 2. The van der Waals surface area contributed by atoms with Crippen LogP contribution < -0.4 is 20.5 Å². The molecule has 0 aliphatic carbocycles. The summed E-state index contributed by atoms with van der Waals surface area (Å²) in [6, 6.07) is 11.2. The first-order chi connectivity index (χ1) is 14.9. The summed E-state index contributed by atoms with van der Waals surface area (Å²) < 4.78 is 13.6. The number of imidazole rings is 1.